The summed E-state index contributed by atoms with van der Waals surface area (Å²) in [5, 5.41) is 15.7. The highest BCUT2D eigenvalue weighted by Crippen LogP contribution is 2.36. The molecule has 0 amide bonds. The van der Waals surface area contributed by atoms with E-state index in [9.17, 15) is 14.9 Å². The van der Waals surface area contributed by atoms with Gasteiger partial charge in [0.2, 0.25) is 0 Å². The Labute approximate surface area is 201 Å². The molecule has 0 atom stereocenters. The lowest BCUT2D eigenvalue weighted by Crippen LogP contribution is -2.15. The quantitative estimate of drug-likeness (QED) is 0.201. The lowest BCUT2D eigenvalue weighted by Gasteiger charge is -2.22. The van der Waals surface area contributed by atoms with Crippen molar-refractivity contribution in [3.05, 3.63) is 98.0 Å². The molecule has 0 spiro atoms. The predicted molar refractivity (Wildman–Crippen MR) is 131 cm³/mol. The van der Waals surface area contributed by atoms with Crippen LogP contribution in [0.1, 0.15) is 57.0 Å². The molecule has 0 aliphatic heterocycles. The number of fused-ring (bicyclic) bond motifs is 2. The summed E-state index contributed by atoms with van der Waals surface area (Å²) < 4.78 is 10.9. The summed E-state index contributed by atoms with van der Waals surface area (Å²) in [6, 6.07) is 14.0. The van der Waals surface area contributed by atoms with Gasteiger partial charge in [0, 0.05) is 17.5 Å². The van der Waals surface area contributed by atoms with E-state index in [4.69, 9.17) is 14.2 Å². The normalized spacial score (nSPS) is 14.2. The number of hydrogen-bond donors (Lipinski definition) is 0. The molecule has 176 valence electrons. The first-order valence-corrected chi connectivity index (χ1v) is 11.4. The fraction of sp³-hybridized carbons (Fsp3) is 0.222. The summed E-state index contributed by atoms with van der Waals surface area (Å²) in [6.07, 6.45) is 4.35. The van der Waals surface area contributed by atoms with Crippen LogP contribution in [0.15, 0.2) is 53.1 Å². The van der Waals surface area contributed by atoms with Crippen molar-refractivity contribution in [2.24, 2.45) is 0 Å². The second-order valence-electron chi connectivity index (χ2n) is 8.58. The van der Waals surface area contributed by atoms with Crippen LogP contribution < -0.4 is 0 Å². The Morgan fingerprint density at radius 2 is 1.91 bits per heavy atom. The number of para-hydroxylation sites is 1. The van der Waals surface area contributed by atoms with Gasteiger partial charge in [-0.05, 0) is 74.1 Å². The summed E-state index contributed by atoms with van der Waals surface area (Å²) in [6.45, 7) is 3.69. The molecule has 0 saturated heterocycles. The minimum atomic E-state index is -0.416. The molecule has 8 nitrogen and oxygen atoms in total. The maximum absolute atomic E-state index is 13.4. The maximum Gasteiger partial charge on any atom is 0.339 e. The van der Waals surface area contributed by atoms with Crippen molar-refractivity contribution in [2.75, 3.05) is 0 Å². The van der Waals surface area contributed by atoms with Crippen molar-refractivity contribution in [3.8, 4) is 0 Å². The molecule has 0 bridgehead atoms. The molecule has 0 unspecified atom stereocenters. The van der Waals surface area contributed by atoms with Crippen LogP contribution in [-0.4, -0.2) is 21.0 Å². The number of carbonyl (C=O) groups excluding carboxylic acids is 1. The van der Waals surface area contributed by atoms with Gasteiger partial charge >= 0.3 is 5.97 Å². The van der Waals surface area contributed by atoms with E-state index < -0.39 is 10.9 Å². The Morgan fingerprint density at radius 1 is 1.14 bits per heavy atom. The van der Waals surface area contributed by atoms with Gasteiger partial charge in [0.05, 0.1) is 33.0 Å². The van der Waals surface area contributed by atoms with Crippen LogP contribution in [0.25, 0.3) is 22.6 Å². The molecule has 2 heterocycles. The van der Waals surface area contributed by atoms with Gasteiger partial charge in [-0.25, -0.2) is 9.78 Å². The predicted octanol–water partition coefficient (Wildman–Crippen LogP) is 5.98. The average molecular weight is 469 g/mol. The standard InChI is InChI=1S/C27H23N3O5/c1-16-23(17(2)35-29-16)15-34-27(31)25-21-7-3-4-9-24(21)28-26-19(6-5-8-22(25)26)14-18-10-12-20(13-11-18)30(32)33/h3-4,7,9-14H,5-6,8,15H2,1-2H3. The molecule has 1 aliphatic carbocycles. The van der Waals surface area contributed by atoms with E-state index in [0.29, 0.717) is 29.0 Å². The van der Waals surface area contributed by atoms with E-state index in [1.54, 1.807) is 19.1 Å². The number of allylic oxidation sites excluding steroid dienone is 1. The van der Waals surface area contributed by atoms with Gasteiger partial charge in [-0.1, -0.05) is 23.4 Å². The topological polar surface area (TPSA) is 108 Å². The average Bonchev–Trinajstić information content (AvgIpc) is 3.18. The molecule has 2 aromatic heterocycles. The Balaban J connectivity index is 1.56. The van der Waals surface area contributed by atoms with Crippen molar-refractivity contribution in [1.29, 1.82) is 0 Å². The molecule has 35 heavy (non-hydrogen) atoms. The third-order valence-electron chi connectivity index (χ3n) is 6.35. The third kappa shape index (κ3) is 4.30. The monoisotopic (exact) mass is 469 g/mol. The minimum Gasteiger partial charge on any atom is -0.457 e. The first-order valence-electron chi connectivity index (χ1n) is 11.4. The highest BCUT2D eigenvalue weighted by molar-refractivity contribution is 6.06. The Bertz CT molecular complexity index is 1470. The number of nitro benzene ring substituents is 1. The molecule has 0 fully saturated rings. The van der Waals surface area contributed by atoms with Crippen LogP contribution in [0.4, 0.5) is 5.69 Å². The molecule has 0 saturated carbocycles. The molecule has 5 rings (SSSR count). The van der Waals surface area contributed by atoms with Gasteiger partial charge in [0.25, 0.3) is 5.69 Å². The molecule has 4 aromatic rings. The Kier molecular flexibility index (Phi) is 5.86. The number of pyridine rings is 1. The number of carbonyl (C=O) groups is 1. The second kappa shape index (κ2) is 9.13. The highest BCUT2D eigenvalue weighted by atomic mass is 16.6. The van der Waals surface area contributed by atoms with Crippen molar-refractivity contribution in [2.45, 2.75) is 39.7 Å². The van der Waals surface area contributed by atoms with Gasteiger partial charge in [0.1, 0.15) is 12.4 Å². The first-order chi connectivity index (χ1) is 16.9. The number of esters is 1. The van der Waals surface area contributed by atoms with Crippen LogP contribution in [0.3, 0.4) is 0 Å². The zero-order valence-electron chi connectivity index (χ0n) is 19.4. The van der Waals surface area contributed by atoms with E-state index in [-0.39, 0.29) is 12.3 Å². The first kappa shape index (κ1) is 22.5. The summed E-state index contributed by atoms with van der Waals surface area (Å²) >= 11 is 0. The molecular formula is C27H23N3O5. The van der Waals surface area contributed by atoms with Gasteiger partial charge in [-0.2, -0.15) is 0 Å². The number of aryl methyl sites for hydroxylation is 2. The van der Waals surface area contributed by atoms with Crippen molar-refractivity contribution >= 4 is 34.2 Å². The number of hydrogen-bond acceptors (Lipinski definition) is 7. The van der Waals surface area contributed by atoms with Gasteiger partial charge in [-0.3, -0.25) is 10.1 Å². The summed E-state index contributed by atoms with van der Waals surface area (Å²) in [5.74, 6) is 0.224. The van der Waals surface area contributed by atoms with E-state index >= 15 is 0 Å². The summed E-state index contributed by atoms with van der Waals surface area (Å²) in [4.78, 5) is 28.9. The smallest absolute Gasteiger partial charge is 0.339 e. The van der Waals surface area contributed by atoms with Crippen LogP contribution >= 0.6 is 0 Å². The number of aromatic nitrogens is 2. The van der Waals surface area contributed by atoms with E-state index in [2.05, 4.69) is 5.16 Å². The van der Waals surface area contributed by atoms with Crippen molar-refractivity contribution < 1.29 is 19.0 Å². The van der Waals surface area contributed by atoms with E-state index in [0.717, 1.165) is 46.2 Å². The zero-order valence-corrected chi connectivity index (χ0v) is 19.4. The molecule has 1 aliphatic rings. The summed E-state index contributed by atoms with van der Waals surface area (Å²) in [5.41, 5.74) is 6.24. The second-order valence-corrected chi connectivity index (χ2v) is 8.58. The third-order valence-corrected chi connectivity index (χ3v) is 6.35. The highest BCUT2D eigenvalue weighted by Gasteiger charge is 2.26. The lowest BCUT2D eigenvalue weighted by atomic mass is 9.86. The van der Waals surface area contributed by atoms with Crippen molar-refractivity contribution in [1.82, 2.24) is 10.1 Å². The molecule has 0 N–H and O–H groups in total. The Hall–Kier alpha value is -4.33. The largest absolute Gasteiger partial charge is 0.457 e. The Morgan fingerprint density at radius 3 is 2.63 bits per heavy atom. The zero-order chi connectivity index (χ0) is 24.5. The number of non-ortho nitro benzene ring substituents is 1. The fourth-order valence-electron chi connectivity index (χ4n) is 4.52. The molecule has 0 radical (unpaired) electrons. The van der Waals surface area contributed by atoms with E-state index in [1.807, 2.05) is 37.3 Å². The summed E-state index contributed by atoms with van der Waals surface area (Å²) in [7, 11) is 0. The van der Waals surface area contributed by atoms with Crippen LogP contribution in [0, 0.1) is 24.0 Å². The van der Waals surface area contributed by atoms with E-state index in [1.165, 1.54) is 12.1 Å². The number of rotatable bonds is 5. The molecule has 2 aromatic carbocycles. The van der Waals surface area contributed by atoms with Gasteiger partial charge in [0.15, 0.2) is 0 Å². The van der Waals surface area contributed by atoms with Crippen LogP contribution in [0.2, 0.25) is 0 Å². The number of benzene rings is 2. The minimum absolute atomic E-state index is 0.0450. The number of nitrogens with zero attached hydrogens (tertiary/aromatic N) is 3. The van der Waals surface area contributed by atoms with Gasteiger partial charge in [-0.15, -0.1) is 0 Å². The van der Waals surface area contributed by atoms with Crippen LogP contribution in [-0.2, 0) is 17.8 Å². The fourth-order valence-corrected chi connectivity index (χ4v) is 4.52. The van der Waals surface area contributed by atoms with Gasteiger partial charge < -0.3 is 9.26 Å². The number of ether oxygens (including phenoxy) is 1. The van der Waals surface area contributed by atoms with Crippen LogP contribution in [0.5, 0.6) is 0 Å². The maximum atomic E-state index is 13.4. The SMILES string of the molecule is Cc1noc(C)c1COC(=O)c1c2c(nc3ccccc13)C(=Cc1ccc([N+](=O)[O-])cc1)CCC2. The lowest BCUT2D eigenvalue weighted by molar-refractivity contribution is -0.384. The molecule has 8 heteroatoms. The molecular weight excluding hydrogens is 446 g/mol. The van der Waals surface area contributed by atoms with Crippen molar-refractivity contribution in [3.63, 3.8) is 0 Å². The number of nitro groups is 1.